The first-order chi connectivity index (χ1) is 11.7. The lowest BCUT2D eigenvalue weighted by Gasteiger charge is -2.19. The van der Waals surface area contributed by atoms with E-state index >= 15 is 0 Å². The van der Waals surface area contributed by atoms with Crippen LogP contribution in [-0.2, 0) is 4.74 Å². The molecule has 2 unspecified atom stereocenters. The Morgan fingerprint density at radius 3 is 2.50 bits per heavy atom. The molecule has 0 radical (unpaired) electrons. The topological polar surface area (TPSA) is 55.3 Å². The number of fused-ring (bicyclic) bond motifs is 1. The highest BCUT2D eigenvalue weighted by atomic mass is 16.5. The number of anilines is 1. The number of rotatable bonds is 3. The van der Waals surface area contributed by atoms with Gasteiger partial charge in [0.2, 0.25) is 5.95 Å². The van der Waals surface area contributed by atoms with Gasteiger partial charge >= 0.3 is 5.97 Å². The number of carbonyl (C=O) groups is 1. The van der Waals surface area contributed by atoms with Crippen LogP contribution in [0, 0.1) is 11.8 Å². The summed E-state index contributed by atoms with van der Waals surface area (Å²) in [4.78, 5) is 22.6. The van der Waals surface area contributed by atoms with Gasteiger partial charge in [0.05, 0.1) is 7.11 Å². The van der Waals surface area contributed by atoms with Gasteiger partial charge in [-0.2, -0.15) is 0 Å². The van der Waals surface area contributed by atoms with E-state index in [0.717, 1.165) is 13.1 Å². The maximum atomic E-state index is 11.6. The average molecular weight is 323 g/mol. The van der Waals surface area contributed by atoms with Crippen molar-refractivity contribution in [2.75, 3.05) is 25.1 Å². The summed E-state index contributed by atoms with van der Waals surface area (Å²) in [5.41, 5.74) is 1.78. The second-order valence-electron chi connectivity index (χ2n) is 6.74. The first kappa shape index (κ1) is 15.1. The Labute approximate surface area is 141 Å². The molecule has 124 valence electrons. The van der Waals surface area contributed by atoms with E-state index in [1.165, 1.54) is 25.5 Å². The van der Waals surface area contributed by atoms with Crippen molar-refractivity contribution in [2.45, 2.75) is 18.8 Å². The standard InChI is InChI=1S/C19H21N3O2/c1-24-18(23)17-7-8-20-19(21-17)22-11-15-9-14(10-16(15)12-22)13-5-3-2-4-6-13/h2-8,14-16H,9-12H2,1H3. The van der Waals surface area contributed by atoms with Crippen molar-refractivity contribution in [1.29, 1.82) is 0 Å². The molecule has 2 aromatic rings. The summed E-state index contributed by atoms with van der Waals surface area (Å²) in [6.07, 6.45) is 4.08. The first-order valence-corrected chi connectivity index (χ1v) is 8.46. The fourth-order valence-electron chi connectivity index (χ4n) is 4.18. The number of hydrogen-bond acceptors (Lipinski definition) is 5. The van der Waals surface area contributed by atoms with Gasteiger partial charge < -0.3 is 9.64 Å². The third kappa shape index (κ3) is 2.75. The van der Waals surface area contributed by atoms with E-state index in [-0.39, 0.29) is 0 Å². The largest absolute Gasteiger partial charge is 0.464 e. The van der Waals surface area contributed by atoms with E-state index in [0.29, 0.717) is 29.4 Å². The minimum Gasteiger partial charge on any atom is -0.464 e. The summed E-state index contributed by atoms with van der Waals surface area (Å²) in [6, 6.07) is 12.4. The molecule has 5 nitrogen and oxygen atoms in total. The lowest BCUT2D eigenvalue weighted by molar-refractivity contribution is 0.0594. The van der Waals surface area contributed by atoms with Gasteiger partial charge in [0.15, 0.2) is 5.69 Å². The zero-order valence-electron chi connectivity index (χ0n) is 13.8. The maximum Gasteiger partial charge on any atom is 0.356 e. The predicted molar refractivity (Wildman–Crippen MR) is 91.0 cm³/mol. The highest BCUT2D eigenvalue weighted by Crippen LogP contribution is 2.46. The Kier molecular flexibility index (Phi) is 3.92. The van der Waals surface area contributed by atoms with Crippen LogP contribution < -0.4 is 4.90 Å². The van der Waals surface area contributed by atoms with Crippen molar-refractivity contribution < 1.29 is 9.53 Å². The van der Waals surface area contributed by atoms with Crippen LogP contribution in [0.1, 0.15) is 34.8 Å². The molecule has 5 heteroatoms. The van der Waals surface area contributed by atoms with E-state index in [1.54, 1.807) is 12.3 Å². The van der Waals surface area contributed by atoms with E-state index in [4.69, 9.17) is 4.74 Å². The normalized spacial score (nSPS) is 25.5. The van der Waals surface area contributed by atoms with Crippen LogP contribution in [-0.4, -0.2) is 36.1 Å². The van der Waals surface area contributed by atoms with Crippen molar-refractivity contribution in [2.24, 2.45) is 11.8 Å². The predicted octanol–water partition coefficient (Wildman–Crippen LogP) is 2.89. The molecule has 0 N–H and O–H groups in total. The number of esters is 1. The van der Waals surface area contributed by atoms with Gasteiger partial charge in [-0.05, 0) is 42.2 Å². The van der Waals surface area contributed by atoms with Crippen LogP contribution in [0.3, 0.4) is 0 Å². The molecule has 1 saturated carbocycles. The Morgan fingerprint density at radius 1 is 1.12 bits per heavy atom. The lowest BCUT2D eigenvalue weighted by Crippen LogP contribution is -2.24. The summed E-state index contributed by atoms with van der Waals surface area (Å²) in [7, 11) is 1.37. The van der Waals surface area contributed by atoms with Crippen LogP contribution in [0.5, 0.6) is 0 Å². The van der Waals surface area contributed by atoms with Gasteiger partial charge in [0, 0.05) is 19.3 Å². The third-order valence-corrected chi connectivity index (χ3v) is 5.34. The second kappa shape index (κ2) is 6.23. The molecule has 1 saturated heterocycles. The van der Waals surface area contributed by atoms with Crippen molar-refractivity contribution in [1.82, 2.24) is 9.97 Å². The van der Waals surface area contributed by atoms with Crippen LogP contribution >= 0.6 is 0 Å². The Hall–Kier alpha value is -2.43. The summed E-state index contributed by atoms with van der Waals surface area (Å²) < 4.78 is 4.74. The number of ether oxygens (including phenoxy) is 1. The van der Waals surface area contributed by atoms with Crippen LogP contribution in [0.2, 0.25) is 0 Å². The molecule has 2 atom stereocenters. The zero-order valence-corrected chi connectivity index (χ0v) is 13.8. The van der Waals surface area contributed by atoms with Crippen LogP contribution in [0.25, 0.3) is 0 Å². The van der Waals surface area contributed by atoms with E-state index in [1.807, 2.05) is 0 Å². The quantitative estimate of drug-likeness (QED) is 0.813. The number of aromatic nitrogens is 2. The van der Waals surface area contributed by atoms with Crippen molar-refractivity contribution in [3.05, 3.63) is 53.9 Å². The fourth-order valence-corrected chi connectivity index (χ4v) is 4.18. The molecule has 0 bridgehead atoms. The second-order valence-corrected chi connectivity index (χ2v) is 6.74. The monoisotopic (exact) mass is 323 g/mol. The number of methoxy groups -OCH3 is 1. The zero-order chi connectivity index (χ0) is 16.5. The van der Waals surface area contributed by atoms with Crippen molar-refractivity contribution >= 4 is 11.9 Å². The minimum atomic E-state index is -0.415. The van der Waals surface area contributed by atoms with E-state index in [9.17, 15) is 4.79 Å². The highest BCUT2D eigenvalue weighted by Gasteiger charge is 2.42. The molecule has 2 fully saturated rings. The Bertz CT molecular complexity index is 720. The van der Waals surface area contributed by atoms with Gasteiger partial charge in [0.25, 0.3) is 0 Å². The van der Waals surface area contributed by atoms with Gasteiger partial charge in [-0.1, -0.05) is 30.3 Å². The number of carbonyl (C=O) groups excluding carboxylic acids is 1. The molecule has 2 heterocycles. The first-order valence-electron chi connectivity index (χ1n) is 8.46. The fraction of sp³-hybridized carbons (Fsp3) is 0.421. The van der Waals surface area contributed by atoms with Crippen LogP contribution in [0.4, 0.5) is 5.95 Å². The SMILES string of the molecule is COC(=O)c1ccnc(N2CC3CC(c4ccccc4)CC3C2)n1. The molecular weight excluding hydrogens is 302 g/mol. The molecular formula is C19H21N3O2. The van der Waals surface area contributed by atoms with Crippen molar-refractivity contribution in [3.8, 4) is 0 Å². The lowest BCUT2D eigenvalue weighted by atomic mass is 9.96. The summed E-state index contributed by atoms with van der Waals surface area (Å²) in [5, 5.41) is 0. The Balaban J connectivity index is 1.45. The van der Waals surface area contributed by atoms with E-state index < -0.39 is 5.97 Å². The summed E-state index contributed by atoms with van der Waals surface area (Å²) in [5.74, 6) is 2.26. The third-order valence-electron chi connectivity index (χ3n) is 5.34. The van der Waals surface area contributed by atoms with Gasteiger partial charge in [-0.15, -0.1) is 0 Å². The molecule has 1 aromatic heterocycles. The molecule has 1 aliphatic heterocycles. The Morgan fingerprint density at radius 2 is 1.83 bits per heavy atom. The molecule has 4 rings (SSSR count). The maximum absolute atomic E-state index is 11.6. The average Bonchev–Trinajstić information content (AvgIpc) is 3.21. The summed E-state index contributed by atoms with van der Waals surface area (Å²) >= 11 is 0. The molecule has 1 aliphatic carbocycles. The highest BCUT2D eigenvalue weighted by molar-refractivity contribution is 5.87. The number of hydrogen-bond donors (Lipinski definition) is 0. The molecule has 1 aromatic carbocycles. The van der Waals surface area contributed by atoms with Gasteiger partial charge in [-0.25, -0.2) is 14.8 Å². The minimum absolute atomic E-state index is 0.321. The number of nitrogens with zero attached hydrogens (tertiary/aromatic N) is 3. The number of benzene rings is 1. The van der Waals surface area contributed by atoms with Crippen molar-refractivity contribution in [3.63, 3.8) is 0 Å². The molecule has 2 aliphatic rings. The van der Waals surface area contributed by atoms with Crippen LogP contribution in [0.15, 0.2) is 42.6 Å². The molecule has 0 amide bonds. The smallest absolute Gasteiger partial charge is 0.356 e. The van der Waals surface area contributed by atoms with Gasteiger partial charge in [0.1, 0.15) is 0 Å². The molecule has 0 spiro atoms. The molecule has 24 heavy (non-hydrogen) atoms. The van der Waals surface area contributed by atoms with Gasteiger partial charge in [-0.3, -0.25) is 0 Å². The summed E-state index contributed by atoms with van der Waals surface area (Å²) in [6.45, 7) is 1.94. The van der Waals surface area contributed by atoms with E-state index in [2.05, 4.69) is 45.2 Å².